The van der Waals surface area contributed by atoms with Gasteiger partial charge in [-0.15, -0.1) is 0 Å². The third-order valence-corrected chi connectivity index (χ3v) is 3.86. The SMILES string of the molecule is CCCOCCCNC(=O)N1CCC(CC)(C(=O)O)C1. The van der Waals surface area contributed by atoms with Crippen molar-refractivity contribution < 1.29 is 19.4 Å². The van der Waals surface area contributed by atoms with E-state index in [2.05, 4.69) is 12.2 Å². The maximum absolute atomic E-state index is 11.9. The second-order valence-electron chi connectivity index (χ2n) is 5.31. The molecule has 1 unspecified atom stereocenters. The second kappa shape index (κ2) is 8.09. The summed E-state index contributed by atoms with van der Waals surface area (Å²) < 4.78 is 5.33. The lowest BCUT2D eigenvalue weighted by Gasteiger charge is -2.23. The van der Waals surface area contributed by atoms with Gasteiger partial charge in [0, 0.05) is 32.8 Å². The monoisotopic (exact) mass is 286 g/mol. The summed E-state index contributed by atoms with van der Waals surface area (Å²) in [6.45, 7) is 6.68. The average molecular weight is 286 g/mol. The molecule has 0 aromatic rings. The number of likely N-dealkylation sites (tertiary alicyclic amines) is 1. The maximum Gasteiger partial charge on any atom is 0.317 e. The van der Waals surface area contributed by atoms with Gasteiger partial charge in [0.2, 0.25) is 0 Å². The topological polar surface area (TPSA) is 78.9 Å². The Labute approximate surface area is 120 Å². The Balaban J connectivity index is 2.27. The first-order valence-electron chi connectivity index (χ1n) is 7.39. The van der Waals surface area contributed by atoms with E-state index in [-0.39, 0.29) is 6.03 Å². The van der Waals surface area contributed by atoms with Gasteiger partial charge >= 0.3 is 12.0 Å². The van der Waals surface area contributed by atoms with Crippen LogP contribution in [0.15, 0.2) is 0 Å². The molecule has 1 aliphatic heterocycles. The first-order valence-corrected chi connectivity index (χ1v) is 7.39. The van der Waals surface area contributed by atoms with Gasteiger partial charge in [-0.3, -0.25) is 4.79 Å². The number of carbonyl (C=O) groups excluding carboxylic acids is 1. The average Bonchev–Trinajstić information content (AvgIpc) is 2.88. The quantitative estimate of drug-likeness (QED) is 0.666. The van der Waals surface area contributed by atoms with Crippen molar-refractivity contribution in [3.05, 3.63) is 0 Å². The molecule has 116 valence electrons. The van der Waals surface area contributed by atoms with Gasteiger partial charge < -0.3 is 20.1 Å². The van der Waals surface area contributed by atoms with Crippen molar-refractivity contribution in [2.24, 2.45) is 5.41 Å². The van der Waals surface area contributed by atoms with Gasteiger partial charge in [-0.1, -0.05) is 13.8 Å². The molecule has 20 heavy (non-hydrogen) atoms. The van der Waals surface area contributed by atoms with E-state index in [9.17, 15) is 14.7 Å². The smallest absolute Gasteiger partial charge is 0.317 e. The van der Waals surface area contributed by atoms with Crippen molar-refractivity contribution in [2.45, 2.75) is 39.5 Å². The van der Waals surface area contributed by atoms with Crippen molar-refractivity contribution in [3.8, 4) is 0 Å². The van der Waals surface area contributed by atoms with Crippen LogP contribution in [0.1, 0.15) is 39.5 Å². The van der Waals surface area contributed by atoms with Crippen LogP contribution in [0.3, 0.4) is 0 Å². The Bertz CT molecular complexity index is 335. The third kappa shape index (κ3) is 4.37. The molecule has 0 bridgehead atoms. The highest BCUT2D eigenvalue weighted by molar-refractivity contribution is 5.79. The van der Waals surface area contributed by atoms with Gasteiger partial charge in [-0.05, 0) is 25.7 Å². The van der Waals surface area contributed by atoms with Crippen molar-refractivity contribution in [3.63, 3.8) is 0 Å². The lowest BCUT2D eigenvalue weighted by Crippen LogP contribution is -2.42. The number of rotatable bonds is 8. The summed E-state index contributed by atoms with van der Waals surface area (Å²) in [5.41, 5.74) is -0.762. The Morgan fingerprint density at radius 1 is 1.35 bits per heavy atom. The number of aliphatic carboxylic acids is 1. The summed E-state index contributed by atoms with van der Waals surface area (Å²) >= 11 is 0. The predicted molar refractivity (Wildman–Crippen MR) is 75.7 cm³/mol. The van der Waals surface area contributed by atoms with Crippen LogP contribution in [-0.2, 0) is 9.53 Å². The molecule has 1 rings (SSSR count). The minimum absolute atomic E-state index is 0.169. The van der Waals surface area contributed by atoms with Crippen LogP contribution >= 0.6 is 0 Å². The fourth-order valence-corrected chi connectivity index (χ4v) is 2.39. The van der Waals surface area contributed by atoms with Gasteiger partial charge in [-0.2, -0.15) is 0 Å². The highest BCUT2D eigenvalue weighted by Gasteiger charge is 2.44. The standard InChI is InChI=1S/C14H26N2O4/c1-3-9-20-10-5-7-15-13(19)16-8-6-14(4-2,11-16)12(17)18/h3-11H2,1-2H3,(H,15,19)(H,17,18). The zero-order valence-corrected chi connectivity index (χ0v) is 12.5. The maximum atomic E-state index is 11.9. The summed E-state index contributed by atoms with van der Waals surface area (Å²) in [5.74, 6) is -0.803. The first kappa shape index (κ1) is 16.8. The molecule has 1 atom stereocenters. The lowest BCUT2D eigenvalue weighted by molar-refractivity contribution is -0.148. The number of ether oxygens (including phenoxy) is 1. The van der Waals surface area contributed by atoms with Gasteiger partial charge in [0.15, 0.2) is 0 Å². The number of hydrogen-bond donors (Lipinski definition) is 2. The molecule has 2 N–H and O–H groups in total. The summed E-state index contributed by atoms with van der Waals surface area (Å²) in [4.78, 5) is 24.9. The molecule has 0 aromatic heterocycles. The number of carbonyl (C=O) groups is 2. The fourth-order valence-electron chi connectivity index (χ4n) is 2.39. The molecule has 6 nitrogen and oxygen atoms in total. The normalized spacial score (nSPS) is 22.0. The molecular weight excluding hydrogens is 260 g/mol. The van der Waals surface area contributed by atoms with Gasteiger partial charge in [0.25, 0.3) is 0 Å². The van der Waals surface area contributed by atoms with Crippen LogP contribution in [-0.4, -0.2) is 54.9 Å². The van der Waals surface area contributed by atoms with Gasteiger partial charge in [0.05, 0.1) is 5.41 Å². The molecular formula is C14H26N2O4. The molecule has 1 saturated heterocycles. The Hall–Kier alpha value is -1.30. The summed E-state index contributed by atoms with van der Waals surface area (Å²) in [5, 5.41) is 12.1. The van der Waals surface area contributed by atoms with Crippen LogP contribution in [0.5, 0.6) is 0 Å². The van der Waals surface area contributed by atoms with E-state index in [0.29, 0.717) is 39.1 Å². The number of carboxylic acids is 1. The Morgan fingerprint density at radius 3 is 2.65 bits per heavy atom. The molecule has 0 radical (unpaired) electrons. The number of urea groups is 1. The summed E-state index contributed by atoms with van der Waals surface area (Å²) in [6, 6.07) is -0.169. The van der Waals surface area contributed by atoms with Crippen LogP contribution in [0.4, 0.5) is 4.79 Å². The van der Waals surface area contributed by atoms with Crippen LogP contribution < -0.4 is 5.32 Å². The number of nitrogens with zero attached hydrogens (tertiary/aromatic N) is 1. The molecule has 1 aliphatic rings. The van der Waals surface area contributed by atoms with E-state index in [4.69, 9.17) is 4.74 Å². The molecule has 1 fully saturated rings. The molecule has 0 aliphatic carbocycles. The predicted octanol–water partition coefficient (Wildman–Crippen LogP) is 1.70. The zero-order valence-electron chi connectivity index (χ0n) is 12.5. The number of hydrogen-bond acceptors (Lipinski definition) is 3. The highest BCUT2D eigenvalue weighted by atomic mass is 16.5. The Morgan fingerprint density at radius 2 is 2.10 bits per heavy atom. The van der Waals surface area contributed by atoms with E-state index in [0.717, 1.165) is 19.4 Å². The summed E-state index contributed by atoms with van der Waals surface area (Å²) in [6.07, 6.45) is 2.86. The molecule has 2 amide bonds. The largest absolute Gasteiger partial charge is 0.481 e. The molecule has 0 aromatic carbocycles. The van der Waals surface area contributed by atoms with E-state index in [1.807, 2.05) is 6.92 Å². The third-order valence-electron chi connectivity index (χ3n) is 3.86. The van der Waals surface area contributed by atoms with E-state index in [1.165, 1.54) is 0 Å². The first-order chi connectivity index (χ1) is 9.55. The number of amides is 2. The minimum Gasteiger partial charge on any atom is -0.481 e. The zero-order chi connectivity index (χ0) is 15.0. The van der Waals surface area contributed by atoms with Gasteiger partial charge in [0.1, 0.15) is 0 Å². The number of carboxylic acid groups (broad SMARTS) is 1. The Kier molecular flexibility index (Phi) is 6.78. The fraction of sp³-hybridized carbons (Fsp3) is 0.857. The van der Waals surface area contributed by atoms with Crippen molar-refractivity contribution in [1.29, 1.82) is 0 Å². The molecule has 1 heterocycles. The van der Waals surface area contributed by atoms with Crippen LogP contribution in [0.25, 0.3) is 0 Å². The van der Waals surface area contributed by atoms with Crippen LogP contribution in [0, 0.1) is 5.41 Å². The minimum atomic E-state index is -0.803. The van der Waals surface area contributed by atoms with Crippen molar-refractivity contribution in [2.75, 3.05) is 32.8 Å². The van der Waals surface area contributed by atoms with Gasteiger partial charge in [-0.25, -0.2) is 4.79 Å². The second-order valence-corrected chi connectivity index (χ2v) is 5.31. The molecule has 0 saturated carbocycles. The van der Waals surface area contributed by atoms with Crippen molar-refractivity contribution in [1.82, 2.24) is 10.2 Å². The lowest BCUT2D eigenvalue weighted by atomic mass is 9.84. The van der Waals surface area contributed by atoms with Crippen LogP contribution in [0.2, 0.25) is 0 Å². The van der Waals surface area contributed by atoms with E-state index in [1.54, 1.807) is 4.90 Å². The molecule has 0 spiro atoms. The highest BCUT2D eigenvalue weighted by Crippen LogP contribution is 2.34. The van der Waals surface area contributed by atoms with Crippen molar-refractivity contribution >= 4 is 12.0 Å². The van der Waals surface area contributed by atoms with E-state index >= 15 is 0 Å². The number of nitrogens with one attached hydrogen (secondary N) is 1. The van der Waals surface area contributed by atoms with E-state index < -0.39 is 11.4 Å². The molecule has 6 heteroatoms. The summed E-state index contributed by atoms with van der Waals surface area (Å²) in [7, 11) is 0.